The number of benzene rings is 6. The molecule has 2 aliphatic carbocycles. The second-order valence-electron chi connectivity index (χ2n) is 20.5. The van der Waals surface area contributed by atoms with E-state index in [2.05, 4.69) is 195 Å². The Balaban J connectivity index is 1.37. The molecule has 4 heteroatoms. The van der Waals surface area contributed by atoms with Crippen molar-refractivity contribution >= 4 is 52.3 Å². The van der Waals surface area contributed by atoms with E-state index in [1.54, 1.807) is 0 Å². The van der Waals surface area contributed by atoms with Crippen molar-refractivity contribution in [1.29, 1.82) is 0 Å². The third-order valence-electron chi connectivity index (χ3n) is 14.4. The van der Waals surface area contributed by atoms with E-state index in [1.165, 1.54) is 91.6 Å². The summed E-state index contributed by atoms with van der Waals surface area (Å²) in [6.07, 6.45) is 11.5. The molecule has 1 aliphatic heterocycles. The van der Waals surface area contributed by atoms with Crippen LogP contribution >= 0.6 is 17.0 Å². The summed E-state index contributed by atoms with van der Waals surface area (Å²) < 4.78 is 1.15. The third-order valence-corrected chi connectivity index (χ3v) is 37.2. The van der Waals surface area contributed by atoms with Gasteiger partial charge >= 0.3 is 386 Å². The number of unbranched alkanes of at least 4 members (excludes halogenated alkanes) is 2. The molecule has 62 heavy (non-hydrogen) atoms. The molecular formula is C58H63Cl2SiZr. The second kappa shape index (κ2) is 16.5. The van der Waals surface area contributed by atoms with Gasteiger partial charge in [-0.05, 0) is 0 Å². The summed E-state index contributed by atoms with van der Waals surface area (Å²) in [5.41, 5.74) is 18.8. The molecule has 6 aromatic carbocycles. The standard InChI is InChI=1S/2C23H27.C12H9Si.2ClH.Zr/c2*1-5-6-10-17-15-18-11-9-13-19(21(18)16-17)20-12-7-8-14-22(20)23(2,3)4;1-3-7-11-9(5-1)10-6-2-4-8-12(10)13-11;;;/h2*7-9,11-16H,5-6,10H2,1-4H3;1-7H,13H2;2*1H;/q;;;;;+2/p-2. The van der Waals surface area contributed by atoms with Crippen molar-refractivity contribution in [2.45, 2.75) is 112 Å². The zero-order valence-corrected chi connectivity index (χ0v) is 43.5. The normalized spacial score (nSPS) is 17.8. The Kier molecular flexibility index (Phi) is 11.6. The quantitative estimate of drug-likeness (QED) is 0.113. The van der Waals surface area contributed by atoms with E-state index in [0.717, 1.165) is 38.5 Å². The summed E-state index contributed by atoms with van der Waals surface area (Å²) in [7, 11) is 18.1. The molecule has 2 atom stereocenters. The third kappa shape index (κ3) is 7.19. The number of halogens is 2. The molecule has 6 aromatic rings. The molecule has 0 amide bonds. The molecule has 0 saturated carbocycles. The van der Waals surface area contributed by atoms with Gasteiger partial charge in [0.1, 0.15) is 0 Å². The number of fused-ring (bicyclic) bond motifs is 5. The molecule has 3 aliphatic rings. The molecular weight excluding hydrogens is 887 g/mol. The molecule has 2 unspecified atom stereocenters. The van der Waals surface area contributed by atoms with Crippen molar-refractivity contribution in [3.8, 4) is 33.4 Å². The van der Waals surface area contributed by atoms with Crippen molar-refractivity contribution in [2.24, 2.45) is 0 Å². The first-order valence-electron chi connectivity index (χ1n) is 23.3. The molecule has 0 saturated heterocycles. The molecule has 0 N–H and O–H groups in total. The zero-order chi connectivity index (χ0) is 43.6. The van der Waals surface area contributed by atoms with Gasteiger partial charge in [-0.1, -0.05) is 0 Å². The SMILES string of the molecule is CCCCC1=Cc2c(-c3ccccc3C(C)(C)C)cccc2[CH]1[Zr]([Cl])([Cl])([c]1cccc2c1[SiH2]c1ccccc1-2)[CH]1C(CCCC)=Cc2c(-c3ccccc3C(C)(C)C)cccc21. The molecule has 0 nitrogen and oxygen atoms in total. The van der Waals surface area contributed by atoms with Gasteiger partial charge in [-0.15, -0.1) is 0 Å². The van der Waals surface area contributed by atoms with Crippen LogP contribution in [0.15, 0.2) is 139 Å². The molecule has 0 fully saturated rings. The molecule has 0 radical (unpaired) electrons. The second-order valence-corrected chi connectivity index (χ2v) is 43.0. The van der Waals surface area contributed by atoms with Gasteiger partial charge in [-0.2, -0.15) is 0 Å². The molecule has 0 aromatic heterocycles. The van der Waals surface area contributed by atoms with Crippen LogP contribution in [0.5, 0.6) is 0 Å². The summed E-state index contributed by atoms with van der Waals surface area (Å²) in [6.45, 7) is 18.6. The van der Waals surface area contributed by atoms with E-state index >= 15 is 0 Å². The Hall–Kier alpha value is -3.52. The fourth-order valence-electron chi connectivity index (χ4n) is 11.7. The van der Waals surface area contributed by atoms with E-state index in [-0.39, 0.29) is 18.1 Å². The number of hydrogen-bond donors (Lipinski definition) is 0. The van der Waals surface area contributed by atoms with E-state index in [4.69, 9.17) is 0 Å². The summed E-state index contributed by atoms with van der Waals surface area (Å²) in [6, 6.07) is 48.4. The van der Waals surface area contributed by atoms with Crippen LogP contribution in [0, 0.1) is 0 Å². The summed E-state index contributed by atoms with van der Waals surface area (Å²) in [5, 5.41) is 2.99. The van der Waals surface area contributed by atoms with Gasteiger partial charge in [0.2, 0.25) is 0 Å². The minimum atomic E-state index is -5.68. The van der Waals surface area contributed by atoms with Crippen LogP contribution < -0.4 is 13.6 Å². The molecule has 0 spiro atoms. The van der Waals surface area contributed by atoms with Crippen LogP contribution in [0.25, 0.3) is 45.5 Å². The van der Waals surface area contributed by atoms with Crippen molar-refractivity contribution in [1.82, 2.24) is 0 Å². The summed E-state index contributed by atoms with van der Waals surface area (Å²) in [4.78, 5) is 0. The van der Waals surface area contributed by atoms with E-state index < -0.39 is 25.9 Å². The zero-order valence-electron chi connectivity index (χ0n) is 38.1. The van der Waals surface area contributed by atoms with E-state index in [1.807, 2.05) is 0 Å². The van der Waals surface area contributed by atoms with E-state index in [0.29, 0.717) is 0 Å². The first kappa shape index (κ1) is 43.7. The Morgan fingerprint density at radius 3 is 1.39 bits per heavy atom. The first-order valence-corrected chi connectivity index (χ1v) is 35.1. The van der Waals surface area contributed by atoms with Gasteiger partial charge in [-0.25, -0.2) is 0 Å². The van der Waals surface area contributed by atoms with Crippen molar-refractivity contribution in [3.05, 3.63) is 172 Å². The Morgan fingerprint density at radius 2 is 0.903 bits per heavy atom. The molecule has 317 valence electrons. The first-order chi connectivity index (χ1) is 29.7. The van der Waals surface area contributed by atoms with Gasteiger partial charge in [0.05, 0.1) is 0 Å². The van der Waals surface area contributed by atoms with Crippen LogP contribution in [0.3, 0.4) is 0 Å². The predicted octanol–water partition coefficient (Wildman–Crippen LogP) is 15.0. The average molecular weight is 950 g/mol. The van der Waals surface area contributed by atoms with Crippen LogP contribution in [0.4, 0.5) is 0 Å². The van der Waals surface area contributed by atoms with Crippen LogP contribution in [0.2, 0.25) is 0 Å². The maximum atomic E-state index is 9.48. The Labute approximate surface area is 383 Å². The fraction of sp³-hybridized carbons (Fsp3) is 0.310. The van der Waals surface area contributed by atoms with Gasteiger partial charge < -0.3 is 0 Å². The summed E-state index contributed by atoms with van der Waals surface area (Å²) in [5.74, 6) is 0. The van der Waals surface area contributed by atoms with Gasteiger partial charge in [0.25, 0.3) is 0 Å². The molecule has 9 rings (SSSR count). The van der Waals surface area contributed by atoms with Crippen LogP contribution in [0.1, 0.15) is 135 Å². The van der Waals surface area contributed by atoms with Gasteiger partial charge in [0.15, 0.2) is 0 Å². The van der Waals surface area contributed by atoms with Crippen molar-refractivity contribution in [2.75, 3.05) is 0 Å². The monoisotopic (exact) mass is 947 g/mol. The Bertz CT molecular complexity index is 2630. The number of hydrogen-bond acceptors (Lipinski definition) is 0. The number of allylic oxidation sites excluding steroid dienone is 2. The average Bonchev–Trinajstić information content (AvgIpc) is 3.96. The van der Waals surface area contributed by atoms with Gasteiger partial charge in [-0.3, -0.25) is 0 Å². The van der Waals surface area contributed by atoms with Gasteiger partial charge in [0, 0.05) is 0 Å². The predicted molar refractivity (Wildman–Crippen MR) is 273 cm³/mol. The topological polar surface area (TPSA) is 0 Å². The van der Waals surface area contributed by atoms with Crippen LogP contribution in [-0.2, 0) is 27.2 Å². The van der Waals surface area contributed by atoms with Crippen molar-refractivity contribution in [3.63, 3.8) is 0 Å². The Morgan fingerprint density at radius 1 is 0.484 bits per heavy atom. The number of rotatable bonds is 11. The van der Waals surface area contributed by atoms with Crippen LogP contribution in [-0.4, -0.2) is 9.52 Å². The maximum absolute atomic E-state index is 9.48. The summed E-state index contributed by atoms with van der Waals surface area (Å²) >= 11 is -5.68. The minimum absolute atomic E-state index is 0.0185. The van der Waals surface area contributed by atoms with Crippen molar-refractivity contribution < 1.29 is 16.4 Å². The molecule has 0 bridgehead atoms. The fourth-order valence-corrected chi connectivity index (χ4v) is 39.7. The van der Waals surface area contributed by atoms with E-state index in [9.17, 15) is 17.0 Å². The molecule has 1 heterocycles.